The molecule has 0 aliphatic rings. The molecule has 104 valence electrons. The van der Waals surface area contributed by atoms with Crippen LogP contribution in [-0.4, -0.2) is 12.4 Å². The van der Waals surface area contributed by atoms with Gasteiger partial charge in [0.1, 0.15) is 11.6 Å². The van der Waals surface area contributed by atoms with Crippen molar-refractivity contribution in [3.63, 3.8) is 0 Å². The number of hydrogen-bond donors (Lipinski definition) is 1. The lowest BCUT2D eigenvalue weighted by Gasteiger charge is -2.10. The standard InChI is InChI=1S/C16H16FNO2/c1-3-20-15-7-4-10(2)8-12(15)16(19)11-5-6-14(18)13(17)9-11/h4-9H,3,18H2,1-2H3. The number of aryl methyl sites for hydroxylation is 1. The van der Waals surface area contributed by atoms with E-state index in [0.29, 0.717) is 17.9 Å². The van der Waals surface area contributed by atoms with Gasteiger partial charge in [-0.05, 0) is 44.2 Å². The van der Waals surface area contributed by atoms with Crippen LogP contribution in [0.3, 0.4) is 0 Å². The van der Waals surface area contributed by atoms with Gasteiger partial charge < -0.3 is 10.5 Å². The van der Waals surface area contributed by atoms with Crippen molar-refractivity contribution in [2.45, 2.75) is 13.8 Å². The van der Waals surface area contributed by atoms with Gasteiger partial charge in [-0.3, -0.25) is 4.79 Å². The zero-order chi connectivity index (χ0) is 14.7. The van der Waals surface area contributed by atoms with Crippen molar-refractivity contribution < 1.29 is 13.9 Å². The van der Waals surface area contributed by atoms with Crippen molar-refractivity contribution in [1.29, 1.82) is 0 Å². The van der Waals surface area contributed by atoms with Gasteiger partial charge in [-0.1, -0.05) is 11.6 Å². The molecule has 3 nitrogen and oxygen atoms in total. The Morgan fingerprint density at radius 2 is 2.00 bits per heavy atom. The fourth-order valence-electron chi connectivity index (χ4n) is 1.93. The Labute approximate surface area is 117 Å². The molecule has 2 aromatic carbocycles. The number of anilines is 1. The maximum Gasteiger partial charge on any atom is 0.196 e. The van der Waals surface area contributed by atoms with Gasteiger partial charge in [0.25, 0.3) is 0 Å². The molecule has 0 saturated carbocycles. The van der Waals surface area contributed by atoms with E-state index in [1.165, 1.54) is 12.1 Å². The molecule has 2 N–H and O–H groups in total. The average Bonchev–Trinajstić information content (AvgIpc) is 2.43. The Morgan fingerprint density at radius 1 is 1.25 bits per heavy atom. The maximum atomic E-state index is 13.5. The molecule has 0 saturated heterocycles. The molecule has 2 rings (SSSR count). The Morgan fingerprint density at radius 3 is 2.65 bits per heavy atom. The molecule has 0 heterocycles. The molecule has 0 aliphatic heterocycles. The topological polar surface area (TPSA) is 52.3 Å². The number of rotatable bonds is 4. The molecule has 0 bridgehead atoms. The van der Waals surface area contributed by atoms with E-state index >= 15 is 0 Å². The van der Waals surface area contributed by atoms with E-state index in [4.69, 9.17) is 10.5 Å². The van der Waals surface area contributed by atoms with Crippen molar-refractivity contribution in [2.24, 2.45) is 0 Å². The SMILES string of the molecule is CCOc1ccc(C)cc1C(=O)c1ccc(N)c(F)c1. The summed E-state index contributed by atoms with van der Waals surface area (Å²) in [5, 5.41) is 0. The van der Waals surface area contributed by atoms with E-state index in [9.17, 15) is 9.18 Å². The van der Waals surface area contributed by atoms with Crippen LogP contribution in [0, 0.1) is 12.7 Å². The van der Waals surface area contributed by atoms with E-state index in [-0.39, 0.29) is 17.0 Å². The monoisotopic (exact) mass is 273 g/mol. The highest BCUT2D eigenvalue weighted by molar-refractivity contribution is 6.11. The zero-order valence-electron chi connectivity index (χ0n) is 11.4. The predicted molar refractivity (Wildman–Crippen MR) is 76.6 cm³/mol. The van der Waals surface area contributed by atoms with Crippen LogP contribution in [0.1, 0.15) is 28.4 Å². The summed E-state index contributed by atoms with van der Waals surface area (Å²) in [4.78, 5) is 12.5. The van der Waals surface area contributed by atoms with Gasteiger partial charge in [0.2, 0.25) is 0 Å². The van der Waals surface area contributed by atoms with Crippen LogP contribution in [0.5, 0.6) is 5.75 Å². The van der Waals surface area contributed by atoms with E-state index in [1.54, 1.807) is 12.1 Å². The molecule has 0 unspecified atom stereocenters. The number of nitrogen functional groups attached to an aromatic ring is 1. The molecule has 0 aliphatic carbocycles. The fourth-order valence-corrected chi connectivity index (χ4v) is 1.93. The first-order chi connectivity index (χ1) is 9.52. The van der Waals surface area contributed by atoms with E-state index < -0.39 is 5.82 Å². The van der Waals surface area contributed by atoms with Crippen LogP contribution in [-0.2, 0) is 0 Å². The minimum absolute atomic E-state index is 0.0239. The first-order valence-corrected chi connectivity index (χ1v) is 6.36. The number of carbonyl (C=O) groups excluding carboxylic acids is 1. The van der Waals surface area contributed by atoms with E-state index in [1.807, 2.05) is 19.9 Å². The highest BCUT2D eigenvalue weighted by Crippen LogP contribution is 2.24. The normalized spacial score (nSPS) is 10.3. The summed E-state index contributed by atoms with van der Waals surface area (Å²) in [6.45, 7) is 4.19. The second-order valence-corrected chi connectivity index (χ2v) is 4.50. The molecule has 0 fully saturated rings. The summed E-state index contributed by atoms with van der Waals surface area (Å²) >= 11 is 0. The molecule has 0 amide bonds. The van der Waals surface area contributed by atoms with Crippen molar-refractivity contribution in [1.82, 2.24) is 0 Å². The second kappa shape index (κ2) is 5.74. The third-order valence-electron chi connectivity index (χ3n) is 2.94. The number of ether oxygens (including phenoxy) is 1. The highest BCUT2D eigenvalue weighted by atomic mass is 19.1. The van der Waals surface area contributed by atoms with Crippen LogP contribution < -0.4 is 10.5 Å². The number of nitrogens with two attached hydrogens (primary N) is 1. The van der Waals surface area contributed by atoms with Crippen LogP contribution in [0.15, 0.2) is 36.4 Å². The summed E-state index contributed by atoms with van der Waals surface area (Å²) in [5.41, 5.74) is 7.06. The number of hydrogen-bond acceptors (Lipinski definition) is 3. The largest absolute Gasteiger partial charge is 0.493 e. The maximum absolute atomic E-state index is 13.5. The lowest BCUT2D eigenvalue weighted by Crippen LogP contribution is -2.07. The van der Waals surface area contributed by atoms with Gasteiger partial charge >= 0.3 is 0 Å². The van der Waals surface area contributed by atoms with Gasteiger partial charge in [0.15, 0.2) is 5.78 Å². The average molecular weight is 273 g/mol. The Kier molecular flexibility index (Phi) is 4.03. The third-order valence-corrected chi connectivity index (χ3v) is 2.94. The fraction of sp³-hybridized carbons (Fsp3) is 0.188. The molecule has 4 heteroatoms. The van der Waals surface area contributed by atoms with E-state index in [2.05, 4.69) is 0 Å². The molecule has 0 aromatic heterocycles. The quantitative estimate of drug-likeness (QED) is 0.686. The van der Waals surface area contributed by atoms with Gasteiger partial charge in [-0.2, -0.15) is 0 Å². The minimum Gasteiger partial charge on any atom is -0.493 e. The molecule has 20 heavy (non-hydrogen) atoms. The van der Waals surface area contributed by atoms with Crippen LogP contribution in [0.25, 0.3) is 0 Å². The van der Waals surface area contributed by atoms with Crippen LogP contribution >= 0.6 is 0 Å². The van der Waals surface area contributed by atoms with Gasteiger partial charge in [0.05, 0.1) is 17.9 Å². The molecular weight excluding hydrogens is 257 g/mol. The van der Waals surface area contributed by atoms with Crippen LogP contribution in [0.2, 0.25) is 0 Å². The summed E-state index contributed by atoms with van der Waals surface area (Å²) in [5.74, 6) is -0.377. The molecular formula is C16H16FNO2. The lowest BCUT2D eigenvalue weighted by atomic mass is 10.00. The summed E-state index contributed by atoms with van der Waals surface area (Å²) < 4.78 is 18.9. The van der Waals surface area contributed by atoms with Gasteiger partial charge in [-0.25, -0.2) is 4.39 Å². The molecule has 0 atom stereocenters. The van der Waals surface area contributed by atoms with Crippen molar-refractivity contribution in [3.8, 4) is 5.75 Å². The van der Waals surface area contributed by atoms with Crippen molar-refractivity contribution in [2.75, 3.05) is 12.3 Å². The smallest absolute Gasteiger partial charge is 0.196 e. The van der Waals surface area contributed by atoms with Gasteiger partial charge in [-0.15, -0.1) is 0 Å². The van der Waals surface area contributed by atoms with E-state index in [0.717, 1.165) is 11.6 Å². The second-order valence-electron chi connectivity index (χ2n) is 4.50. The van der Waals surface area contributed by atoms with Crippen molar-refractivity contribution in [3.05, 3.63) is 58.9 Å². The number of benzene rings is 2. The molecule has 0 radical (unpaired) electrons. The Bertz CT molecular complexity index is 653. The van der Waals surface area contributed by atoms with Crippen LogP contribution in [0.4, 0.5) is 10.1 Å². The zero-order valence-corrected chi connectivity index (χ0v) is 11.4. The number of halogens is 1. The molecule has 0 spiro atoms. The predicted octanol–water partition coefficient (Wildman–Crippen LogP) is 3.35. The Hall–Kier alpha value is -2.36. The third kappa shape index (κ3) is 2.79. The summed E-state index contributed by atoms with van der Waals surface area (Å²) in [6.07, 6.45) is 0. The van der Waals surface area contributed by atoms with Gasteiger partial charge in [0, 0.05) is 5.56 Å². The summed E-state index contributed by atoms with van der Waals surface area (Å²) in [6, 6.07) is 9.40. The first kappa shape index (κ1) is 14.1. The first-order valence-electron chi connectivity index (χ1n) is 6.36. The van der Waals surface area contributed by atoms with Crippen molar-refractivity contribution >= 4 is 11.5 Å². The number of carbonyl (C=O) groups is 1. The lowest BCUT2D eigenvalue weighted by molar-refractivity contribution is 0.103. The highest BCUT2D eigenvalue weighted by Gasteiger charge is 2.16. The summed E-state index contributed by atoms with van der Waals surface area (Å²) in [7, 11) is 0. The minimum atomic E-state index is -0.596. The number of ketones is 1. The Balaban J connectivity index is 2.46. The molecule has 2 aromatic rings.